The third kappa shape index (κ3) is 5.32. The van der Waals surface area contributed by atoms with Crippen LogP contribution in [0, 0.1) is 6.92 Å². The average Bonchev–Trinajstić information content (AvgIpc) is 2.85. The number of nitrogens with zero attached hydrogens (tertiary/aromatic N) is 1. The molecule has 6 nitrogen and oxygen atoms in total. The fourth-order valence-corrected chi connectivity index (χ4v) is 2.25. The maximum absolute atomic E-state index is 12.2. The Balaban J connectivity index is 1.91. The van der Waals surface area contributed by atoms with Crippen molar-refractivity contribution in [1.82, 2.24) is 15.5 Å². The number of carbonyl (C=O) groups is 1. The average molecular weight is 316 g/mol. The third-order valence-electron chi connectivity index (χ3n) is 3.15. The highest BCUT2D eigenvalue weighted by molar-refractivity contribution is 5.91. The molecule has 0 aliphatic rings. The molecule has 0 aliphatic carbocycles. The van der Waals surface area contributed by atoms with Gasteiger partial charge in [0.2, 0.25) is 0 Å². The lowest BCUT2D eigenvalue weighted by atomic mass is 10.2. The second kappa shape index (κ2) is 7.67. The van der Waals surface area contributed by atoms with Crippen LogP contribution in [0.5, 0.6) is 5.75 Å². The van der Waals surface area contributed by atoms with Gasteiger partial charge in [0.15, 0.2) is 0 Å². The summed E-state index contributed by atoms with van der Waals surface area (Å²) < 4.78 is 5.69. The summed E-state index contributed by atoms with van der Waals surface area (Å²) in [7, 11) is 0. The predicted molar refractivity (Wildman–Crippen MR) is 90.9 cm³/mol. The number of carbonyl (C=O) groups excluding carboxylic acids is 1. The summed E-state index contributed by atoms with van der Waals surface area (Å²) in [5.41, 5.74) is 2.59. The summed E-state index contributed by atoms with van der Waals surface area (Å²) >= 11 is 0. The van der Waals surface area contributed by atoms with Gasteiger partial charge in [0, 0.05) is 18.2 Å². The molecule has 1 heterocycles. The lowest BCUT2D eigenvalue weighted by molar-refractivity contribution is 0.241. The molecule has 1 atom stereocenters. The highest BCUT2D eigenvalue weighted by atomic mass is 16.5. The largest absolute Gasteiger partial charge is 0.489 e. The second-order valence-corrected chi connectivity index (χ2v) is 5.91. The molecular formula is C17H24N4O2. The number of para-hydroxylation sites is 2. The summed E-state index contributed by atoms with van der Waals surface area (Å²) in [5.74, 6) is 0.660. The van der Waals surface area contributed by atoms with Crippen LogP contribution in [0.4, 0.5) is 10.5 Å². The van der Waals surface area contributed by atoms with Gasteiger partial charge in [-0.3, -0.25) is 5.10 Å². The molecule has 2 amide bonds. The Hall–Kier alpha value is -2.50. The maximum Gasteiger partial charge on any atom is 0.319 e. The van der Waals surface area contributed by atoms with E-state index in [9.17, 15) is 4.79 Å². The van der Waals surface area contributed by atoms with Crippen LogP contribution >= 0.6 is 0 Å². The molecule has 0 unspecified atom stereocenters. The molecule has 0 saturated heterocycles. The van der Waals surface area contributed by atoms with Crippen molar-refractivity contribution in [2.75, 3.05) is 5.32 Å². The van der Waals surface area contributed by atoms with Crippen molar-refractivity contribution in [3.63, 3.8) is 0 Å². The minimum atomic E-state index is -0.260. The number of nitrogens with one attached hydrogen (secondary N) is 3. The number of anilines is 1. The molecule has 0 spiro atoms. The van der Waals surface area contributed by atoms with Gasteiger partial charge in [-0.25, -0.2) is 4.79 Å². The van der Waals surface area contributed by atoms with Crippen molar-refractivity contribution in [3.8, 4) is 5.75 Å². The van der Waals surface area contributed by atoms with Crippen molar-refractivity contribution in [2.45, 2.75) is 46.3 Å². The summed E-state index contributed by atoms with van der Waals surface area (Å²) in [5, 5.41) is 12.8. The van der Waals surface area contributed by atoms with E-state index in [1.165, 1.54) is 0 Å². The zero-order valence-electron chi connectivity index (χ0n) is 14.0. The van der Waals surface area contributed by atoms with Crippen LogP contribution in [0.15, 0.2) is 30.3 Å². The van der Waals surface area contributed by atoms with E-state index in [0.29, 0.717) is 17.9 Å². The van der Waals surface area contributed by atoms with Crippen LogP contribution in [0.1, 0.15) is 32.2 Å². The SMILES string of the molecule is Cc1cc(C[C@@H](C)NC(=O)Nc2ccccc2OC(C)C)n[nH]1. The first-order valence-electron chi connectivity index (χ1n) is 7.78. The topological polar surface area (TPSA) is 79.0 Å². The van der Waals surface area contributed by atoms with Gasteiger partial charge in [-0.1, -0.05) is 12.1 Å². The molecule has 124 valence electrons. The summed E-state index contributed by atoms with van der Waals surface area (Å²) in [6.07, 6.45) is 0.713. The Labute approximate surface area is 136 Å². The molecule has 23 heavy (non-hydrogen) atoms. The fourth-order valence-electron chi connectivity index (χ4n) is 2.25. The highest BCUT2D eigenvalue weighted by Crippen LogP contribution is 2.24. The number of rotatable bonds is 6. The first-order chi connectivity index (χ1) is 10.9. The van der Waals surface area contributed by atoms with Crippen LogP contribution in [0.25, 0.3) is 0 Å². The van der Waals surface area contributed by atoms with E-state index < -0.39 is 0 Å². The van der Waals surface area contributed by atoms with Gasteiger partial charge in [0.1, 0.15) is 5.75 Å². The zero-order valence-corrected chi connectivity index (χ0v) is 14.0. The minimum Gasteiger partial charge on any atom is -0.489 e. The molecule has 1 aromatic carbocycles. The van der Waals surface area contributed by atoms with Gasteiger partial charge in [-0.05, 0) is 45.9 Å². The number of aromatic nitrogens is 2. The van der Waals surface area contributed by atoms with Crippen LogP contribution in [-0.4, -0.2) is 28.4 Å². The van der Waals surface area contributed by atoms with Gasteiger partial charge in [-0.2, -0.15) is 5.10 Å². The Morgan fingerprint density at radius 2 is 2.04 bits per heavy atom. The Morgan fingerprint density at radius 3 is 2.70 bits per heavy atom. The number of amides is 2. The Bertz CT molecular complexity index is 652. The fraction of sp³-hybridized carbons (Fsp3) is 0.412. The van der Waals surface area contributed by atoms with Crippen LogP contribution < -0.4 is 15.4 Å². The van der Waals surface area contributed by atoms with E-state index >= 15 is 0 Å². The molecule has 2 rings (SSSR count). The standard InChI is InChI=1S/C17H24N4O2/c1-11(2)23-16-8-6-5-7-15(16)19-17(22)18-12(3)9-14-10-13(4)20-21-14/h5-8,10-12H,9H2,1-4H3,(H,20,21)(H2,18,19,22)/t12-/m1/s1. The van der Waals surface area contributed by atoms with Crippen molar-refractivity contribution in [2.24, 2.45) is 0 Å². The van der Waals surface area contributed by atoms with Crippen molar-refractivity contribution < 1.29 is 9.53 Å². The van der Waals surface area contributed by atoms with Gasteiger partial charge < -0.3 is 15.4 Å². The van der Waals surface area contributed by atoms with E-state index in [1.54, 1.807) is 0 Å². The maximum atomic E-state index is 12.2. The first-order valence-corrected chi connectivity index (χ1v) is 7.78. The number of urea groups is 1. The van der Waals surface area contributed by atoms with Crippen LogP contribution in [-0.2, 0) is 6.42 Å². The lowest BCUT2D eigenvalue weighted by Crippen LogP contribution is -2.37. The van der Waals surface area contributed by atoms with Gasteiger partial charge in [0.25, 0.3) is 0 Å². The van der Waals surface area contributed by atoms with E-state index in [4.69, 9.17) is 4.74 Å². The number of hydrogen-bond donors (Lipinski definition) is 3. The number of H-pyrrole nitrogens is 1. The molecule has 0 saturated carbocycles. The third-order valence-corrected chi connectivity index (χ3v) is 3.15. The molecular weight excluding hydrogens is 292 g/mol. The smallest absolute Gasteiger partial charge is 0.319 e. The Kier molecular flexibility index (Phi) is 5.62. The first kappa shape index (κ1) is 16.9. The number of hydrogen-bond acceptors (Lipinski definition) is 3. The molecule has 0 fully saturated rings. The molecule has 0 aliphatic heterocycles. The van der Waals surface area contributed by atoms with E-state index in [-0.39, 0.29) is 18.2 Å². The number of benzene rings is 1. The number of aryl methyl sites for hydroxylation is 1. The Morgan fingerprint density at radius 1 is 1.30 bits per heavy atom. The van der Waals surface area contributed by atoms with Crippen LogP contribution in [0.2, 0.25) is 0 Å². The molecule has 1 aromatic heterocycles. The van der Waals surface area contributed by atoms with Gasteiger partial charge >= 0.3 is 6.03 Å². The van der Waals surface area contributed by atoms with E-state index in [0.717, 1.165) is 11.4 Å². The summed E-state index contributed by atoms with van der Waals surface area (Å²) in [4.78, 5) is 12.2. The lowest BCUT2D eigenvalue weighted by Gasteiger charge is -2.17. The normalized spacial score (nSPS) is 12.0. The zero-order chi connectivity index (χ0) is 16.8. The van der Waals surface area contributed by atoms with Crippen molar-refractivity contribution in [3.05, 3.63) is 41.7 Å². The minimum absolute atomic E-state index is 0.0316. The van der Waals surface area contributed by atoms with Crippen LogP contribution in [0.3, 0.4) is 0 Å². The van der Waals surface area contributed by atoms with E-state index in [2.05, 4.69) is 20.8 Å². The monoisotopic (exact) mass is 316 g/mol. The molecule has 0 bridgehead atoms. The number of aromatic amines is 1. The summed E-state index contributed by atoms with van der Waals surface area (Å²) in [6, 6.07) is 9.08. The molecule has 3 N–H and O–H groups in total. The molecule has 2 aromatic rings. The van der Waals surface area contributed by atoms with Crippen molar-refractivity contribution in [1.29, 1.82) is 0 Å². The molecule has 0 radical (unpaired) electrons. The van der Waals surface area contributed by atoms with Gasteiger partial charge in [-0.15, -0.1) is 0 Å². The summed E-state index contributed by atoms with van der Waals surface area (Å²) in [6.45, 7) is 7.79. The van der Waals surface area contributed by atoms with Crippen molar-refractivity contribution >= 4 is 11.7 Å². The quantitative estimate of drug-likeness (QED) is 0.765. The van der Waals surface area contributed by atoms with E-state index in [1.807, 2.05) is 58.0 Å². The predicted octanol–water partition coefficient (Wildman–Crippen LogP) is 3.26. The second-order valence-electron chi connectivity index (χ2n) is 5.91. The molecule has 6 heteroatoms. The highest BCUT2D eigenvalue weighted by Gasteiger charge is 2.12. The van der Waals surface area contributed by atoms with Gasteiger partial charge in [0.05, 0.1) is 17.5 Å². The number of ether oxygens (including phenoxy) is 1.